The monoisotopic (exact) mass is 388 g/mol. The third kappa shape index (κ3) is 56.6. The molecule has 12 nitrogen and oxygen atoms in total. The molecule has 0 heterocycles. The summed E-state index contributed by atoms with van der Waals surface area (Å²) in [6.45, 7) is 0. The molecule has 0 atom stereocenters. The van der Waals surface area contributed by atoms with Gasteiger partial charge in [-0.1, -0.05) is 0 Å². The van der Waals surface area contributed by atoms with Gasteiger partial charge in [-0.2, -0.15) is 0 Å². The summed E-state index contributed by atoms with van der Waals surface area (Å²) in [6.07, 6.45) is 0. The first-order valence-corrected chi connectivity index (χ1v) is 7.22. The molecule has 0 fully saturated rings. The molecule has 0 aliphatic rings. The van der Waals surface area contributed by atoms with Gasteiger partial charge in [0, 0.05) is 0 Å². The summed E-state index contributed by atoms with van der Waals surface area (Å²) >= 11 is 0. The van der Waals surface area contributed by atoms with E-state index in [-0.39, 0.29) is 17.1 Å². The Kier molecular flexibility index (Phi) is 17.2. The van der Waals surface area contributed by atoms with Crippen LogP contribution in [0.5, 0.6) is 0 Å². The van der Waals surface area contributed by atoms with Crippen LogP contribution in [0.4, 0.5) is 0 Å². The van der Waals surface area contributed by atoms with Gasteiger partial charge in [-0.25, -0.2) is 25.3 Å². The molecule has 118 valence electrons. The van der Waals surface area contributed by atoms with E-state index in [0.717, 1.165) is 21.3 Å². The van der Waals surface area contributed by atoms with E-state index >= 15 is 0 Å². The third-order valence-electron chi connectivity index (χ3n) is 0.612. The fraction of sp³-hybridized carbons (Fsp3) is 1.00. The van der Waals surface area contributed by atoms with Gasteiger partial charge < -0.3 is 13.7 Å². The van der Waals surface area contributed by atoms with Crippen LogP contribution < -0.4 is 0 Å². The molecule has 0 N–H and O–H groups in total. The Bertz CT molecular complexity index is 410. The molecule has 0 bridgehead atoms. The van der Waals surface area contributed by atoms with Gasteiger partial charge in [0.05, 0.1) is 21.3 Å². The minimum Gasteiger partial charge on any atom is -0.726 e. The normalized spacial score (nSPS) is 11.1. The molecule has 0 rings (SSSR count). The first-order valence-electron chi connectivity index (χ1n) is 3.22. The van der Waals surface area contributed by atoms with Crippen LogP contribution in [-0.4, -0.2) is 60.2 Å². The van der Waals surface area contributed by atoms with Crippen molar-refractivity contribution in [3.05, 3.63) is 0 Å². The standard InChI is InChI=1S/3CH4O4S.Mn/c3*1-5-6(2,3)4;/h3*1H3,(H,2,3,4);/q;;;+3/p-3. The Morgan fingerprint density at radius 1 is 0.579 bits per heavy atom. The molecule has 0 aromatic rings. The number of hydrogen-bond acceptors (Lipinski definition) is 12. The van der Waals surface area contributed by atoms with E-state index in [2.05, 4.69) is 12.5 Å². The minimum absolute atomic E-state index is 0. The van der Waals surface area contributed by atoms with Crippen molar-refractivity contribution in [2.75, 3.05) is 21.3 Å². The SMILES string of the molecule is COS(=O)(=O)[O-].COS(=O)(=O)[O-].COS(=O)(=O)[O-].[Mn+3]. The Morgan fingerprint density at radius 2 is 0.632 bits per heavy atom. The fourth-order valence-corrected chi connectivity index (χ4v) is 0. The molecular weight excluding hydrogens is 379 g/mol. The molecule has 0 spiro atoms. The Hall–Kier alpha value is 0.129. The number of hydrogen-bond donors (Lipinski definition) is 0. The molecule has 19 heavy (non-hydrogen) atoms. The first kappa shape index (κ1) is 27.5. The second-order valence-corrected chi connectivity index (χ2v) is 5.17. The van der Waals surface area contributed by atoms with Gasteiger partial charge in [-0.05, 0) is 0 Å². The van der Waals surface area contributed by atoms with Crippen LogP contribution >= 0.6 is 0 Å². The summed E-state index contributed by atoms with van der Waals surface area (Å²) < 4.78 is 93.1. The van der Waals surface area contributed by atoms with Crippen molar-refractivity contribution < 1.29 is 68.5 Å². The third-order valence-corrected chi connectivity index (χ3v) is 1.84. The van der Waals surface area contributed by atoms with Crippen molar-refractivity contribution in [2.45, 2.75) is 0 Å². The van der Waals surface area contributed by atoms with Crippen LogP contribution in [0, 0.1) is 0 Å². The zero-order valence-electron chi connectivity index (χ0n) is 9.50. The van der Waals surface area contributed by atoms with Gasteiger partial charge in [0.1, 0.15) is 0 Å². The van der Waals surface area contributed by atoms with Crippen molar-refractivity contribution >= 4 is 31.2 Å². The summed E-state index contributed by atoms with van der Waals surface area (Å²) in [5.41, 5.74) is 0. The molecular formula is C3H9MnO12S3. The molecule has 0 unspecified atom stereocenters. The van der Waals surface area contributed by atoms with Crippen LogP contribution in [0.15, 0.2) is 0 Å². The first-order chi connectivity index (χ1) is 7.68. The van der Waals surface area contributed by atoms with Crippen molar-refractivity contribution in [1.82, 2.24) is 0 Å². The maximum absolute atomic E-state index is 9.22. The molecule has 0 radical (unpaired) electrons. The topological polar surface area (TPSA) is 199 Å². The van der Waals surface area contributed by atoms with E-state index in [1.807, 2.05) is 0 Å². The maximum atomic E-state index is 9.22. The van der Waals surface area contributed by atoms with Gasteiger partial charge in [0.2, 0.25) is 31.2 Å². The second-order valence-electron chi connectivity index (χ2n) is 1.72. The van der Waals surface area contributed by atoms with E-state index in [9.17, 15) is 38.9 Å². The molecule has 0 aliphatic heterocycles. The Morgan fingerprint density at radius 3 is 0.632 bits per heavy atom. The van der Waals surface area contributed by atoms with Gasteiger partial charge in [-0.15, -0.1) is 0 Å². The minimum atomic E-state index is -4.41. The predicted octanol–water partition coefficient (Wildman–Crippen LogP) is -2.72. The van der Waals surface area contributed by atoms with Gasteiger partial charge >= 0.3 is 17.1 Å². The van der Waals surface area contributed by atoms with Crippen LogP contribution in [-0.2, 0) is 60.8 Å². The van der Waals surface area contributed by atoms with E-state index in [1.54, 1.807) is 0 Å². The summed E-state index contributed by atoms with van der Waals surface area (Å²) in [7, 11) is -10.8. The van der Waals surface area contributed by atoms with E-state index in [0.29, 0.717) is 0 Å². The molecule has 0 aromatic carbocycles. The van der Waals surface area contributed by atoms with Gasteiger partial charge in [0.15, 0.2) is 0 Å². The molecule has 0 saturated heterocycles. The molecule has 0 aromatic heterocycles. The number of rotatable bonds is 3. The van der Waals surface area contributed by atoms with Gasteiger partial charge in [0.25, 0.3) is 0 Å². The summed E-state index contributed by atoms with van der Waals surface area (Å²) in [5, 5.41) is 0. The predicted molar refractivity (Wildman–Crippen MR) is 50.1 cm³/mol. The molecule has 0 amide bonds. The van der Waals surface area contributed by atoms with Crippen LogP contribution in [0.1, 0.15) is 0 Å². The fourth-order valence-electron chi connectivity index (χ4n) is 0. The Balaban J connectivity index is -0.0000000865. The summed E-state index contributed by atoms with van der Waals surface area (Å²) in [6, 6.07) is 0. The van der Waals surface area contributed by atoms with E-state index in [1.165, 1.54) is 0 Å². The zero-order valence-corrected chi connectivity index (χ0v) is 13.1. The summed E-state index contributed by atoms with van der Waals surface area (Å²) in [5.74, 6) is 0. The zero-order chi connectivity index (χ0) is 15.6. The van der Waals surface area contributed by atoms with Crippen LogP contribution in [0.3, 0.4) is 0 Å². The average Bonchev–Trinajstić information content (AvgIpc) is 2.16. The second kappa shape index (κ2) is 11.9. The van der Waals surface area contributed by atoms with E-state index < -0.39 is 31.2 Å². The summed E-state index contributed by atoms with van der Waals surface area (Å²) in [4.78, 5) is 0. The van der Waals surface area contributed by atoms with Crippen LogP contribution in [0.2, 0.25) is 0 Å². The van der Waals surface area contributed by atoms with E-state index in [4.69, 9.17) is 0 Å². The quantitative estimate of drug-likeness (QED) is 0.275. The maximum Gasteiger partial charge on any atom is 3.00 e. The molecule has 0 saturated carbocycles. The van der Waals surface area contributed by atoms with Crippen molar-refractivity contribution in [1.29, 1.82) is 0 Å². The van der Waals surface area contributed by atoms with Crippen molar-refractivity contribution in [3.63, 3.8) is 0 Å². The van der Waals surface area contributed by atoms with Crippen LogP contribution in [0.25, 0.3) is 0 Å². The van der Waals surface area contributed by atoms with Crippen molar-refractivity contribution in [2.24, 2.45) is 0 Å². The largest absolute Gasteiger partial charge is 3.00 e. The Labute approximate surface area is 121 Å². The molecule has 0 aliphatic carbocycles. The van der Waals surface area contributed by atoms with Gasteiger partial charge in [-0.3, -0.25) is 12.5 Å². The smallest absolute Gasteiger partial charge is 0.726 e. The molecule has 16 heteroatoms. The average molecular weight is 388 g/mol. The van der Waals surface area contributed by atoms with Crippen molar-refractivity contribution in [3.8, 4) is 0 Å².